The lowest BCUT2D eigenvalue weighted by atomic mass is 10.2. The summed E-state index contributed by atoms with van der Waals surface area (Å²) in [7, 11) is -7.01. The number of anilines is 1. The van der Waals surface area contributed by atoms with Crippen LogP contribution in [0.5, 0.6) is 0 Å². The van der Waals surface area contributed by atoms with Gasteiger partial charge in [0.05, 0.1) is 24.3 Å². The van der Waals surface area contributed by atoms with Gasteiger partial charge < -0.3 is 9.05 Å². The van der Waals surface area contributed by atoms with Crippen molar-refractivity contribution in [3.8, 4) is 0 Å². The second-order valence-corrected chi connectivity index (χ2v) is 9.72. The lowest BCUT2D eigenvalue weighted by molar-refractivity contribution is 0.101. The van der Waals surface area contributed by atoms with Crippen LogP contribution in [0.1, 0.15) is 36.7 Å². The summed E-state index contributed by atoms with van der Waals surface area (Å²) >= 11 is 0. The molecule has 0 amide bonds. The third kappa shape index (κ3) is 6.01. The minimum Gasteiger partial charge on any atom is -0.309 e. The summed E-state index contributed by atoms with van der Waals surface area (Å²) in [6, 6.07) is 12.2. The van der Waals surface area contributed by atoms with Gasteiger partial charge in [-0.25, -0.2) is 8.42 Å². The maximum atomic E-state index is 12.6. The highest BCUT2D eigenvalue weighted by Crippen LogP contribution is 2.51. The van der Waals surface area contributed by atoms with Crippen LogP contribution in [-0.4, -0.2) is 27.4 Å². The van der Waals surface area contributed by atoms with Crippen LogP contribution < -0.4 is 4.72 Å². The normalized spacial score (nSPS) is 12.0. The highest BCUT2D eigenvalue weighted by atomic mass is 32.2. The van der Waals surface area contributed by atoms with Crippen LogP contribution in [0.2, 0.25) is 0 Å². The number of hydrogen-bond acceptors (Lipinski definition) is 6. The molecule has 152 valence electrons. The maximum absolute atomic E-state index is 12.6. The summed E-state index contributed by atoms with van der Waals surface area (Å²) in [4.78, 5) is 11.4. The van der Waals surface area contributed by atoms with Gasteiger partial charge in [-0.05, 0) is 50.6 Å². The number of benzene rings is 2. The lowest BCUT2D eigenvalue weighted by Crippen LogP contribution is -2.13. The van der Waals surface area contributed by atoms with Crippen molar-refractivity contribution in [2.75, 3.05) is 17.9 Å². The molecular weight excluding hydrogens is 401 g/mol. The molecule has 28 heavy (non-hydrogen) atoms. The average molecular weight is 425 g/mol. The number of carbonyl (C=O) groups excluding carboxylic acids is 1. The molecule has 0 unspecified atom stereocenters. The third-order valence-corrected chi connectivity index (χ3v) is 7.26. The van der Waals surface area contributed by atoms with E-state index in [1.807, 2.05) is 0 Å². The standard InChI is InChI=1S/C19H24NO6PS/c1-4-25-27(22,26-5-2)14-16-6-10-18(11-7-16)20-28(23,24)19-12-8-17(9-13-19)15(3)21/h6-13,20H,4-5,14H2,1-3H3. The molecule has 0 fully saturated rings. The van der Waals surface area contributed by atoms with Crippen LogP contribution in [0.4, 0.5) is 5.69 Å². The molecular formula is C19H24NO6PS. The smallest absolute Gasteiger partial charge is 0.309 e. The Labute approximate surface area is 165 Å². The van der Waals surface area contributed by atoms with Gasteiger partial charge in [-0.1, -0.05) is 24.3 Å². The van der Waals surface area contributed by atoms with Gasteiger partial charge in [0.1, 0.15) is 0 Å². The van der Waals surface area contributed by atoms with Crippen molar-refractivity contribution in [2.24, 2.45) is 0 Å². The minimum absolute atomic E-state index is 0.0544. The molecule has 7 nitrogen and oxygen atoms in total. The number of ketones is 1. The van der Waals surface area contributed by atoms with E-state index in [9.17, 15) is 17.8 Å². The second kappa shape index (κ2) is 9.47. The van der Waals surface area contributed by atoms with Crippen LogP contribution in [0.3, 0.4) is 0 Å². The van der Waals surface area contributed by atoms with Crippen molar-refractivity contribution in [3.05, 3.63) is 59.7 Å². The molecule has 0 radical (unpaired) electrons. The Morgan fingerprint density at radius 2 is 1.50 bits per heavy atom. The van der Waals surface area contributed by atoms with E-state index in [0.29, 0.717) is 16.8 Å². The summed E-state index contributed by atoms with van der Waals surface area (Å²) in [6.07, 6.45) is 0.105. The topological polar surface area (TPSA) is 98.8 Å². The van der Waals surface area contributed by atoms with E-state index in [2.05, 4.69) is 4.72 Å². The Kier molecular flexibility index (Phi) is 7.55. The first-order valence-corrected chi connectivity index (χ1v) is 12.0. The third-order valence-electron chi connectivity index (χ3n) is 3.81. The zero-order chi connectivity index (χ0) is 20.8. The largest absolute Gasteiger partial charge is 0.335 e. The van der Waals surface area contributed by atoms with E-state index in [4.69, 9.17) is 9.05 Å². The molecule has 0 aromatic heterocycles. The van der Waals surface area contributed by atoms with E-state index in [1.54, 1.807) is 38.1 Å². The van der Waals surface area contributed by atoms with Gasteiger partial charge in [0.15, 0.2) is 5.78 Å². The van der Waals surface area contributed by atoms with Crippen molar-refractivity contribution in [3.63, 3.8) is 0 Å². The van der Waals surface area contributed by atoms with Gasteiger partial charge in [0.25, 0.3) is 10.0 Å². The highest BCUT2D eigenvalue weighted by molar-refractivity contribution is 7.92. The van der Waals surface area contributed by atoms with Crippen LogP contribution in [0.15, 0.2) is 53.4 Å². The first-order chi connectivity index (χ1) is 13.2. The van der Waals surface area contributed by atoms with Crippen LogP contribution in [0, 0.1) is 0 Å². The molecule has 0 aliphatic rings. The van der Waals surface area contributed by atoms with E-state index in [1.165, 1.54) is 31.2 Å². The van der Waals surface area contributed by atoms with Gasteiger partial charge in [0.2, 0.25) is 0 Å². The first kappa shape index (κ1) is 22.3. The molecule has 0 heterocycles. The number of Topliss-reactive ketones (excluding diaryl/α,β-unsaturated/α-hetero) is 1. The van der Waals surface area contributed by atoms with Crippen molar-refractivity contribution in [1.29, 1.82) is 0 Å². The molecule has 2 aromatic carbocycles. The molecule has 9 heteroatoms. The average Bonchev–Trinajstić information content (AvgIpc) is 2.63. The number of hydrogen-bond donors (Lipinski definition) is 1. The van der Waals surface area contributed by atoms with E-state index in [-0.39, 0.29) is 30.1 Å². The van der Waals surface area contributed by atoms with E-state index >= 15 is 0 Å². The maximum Gasteiger partial charge on any atom is 0.335 e. The number of carbonyl (C=O) groups is 1. The molecule has 2 rings (SSSR count). The Balaban J connectivity index is 2.12. The monoisotopic (exact) mass is 425 g/mol. The number of sulfonamides is 1. The molecule has 1 N–H and O–H groups in total. The van der Waals surface area contributed by atoms with Crippen LogP contribution >= 0.6 is 7.60 Å². The van der Waals surface area contributed by atoms with Crippen molar-refractivity contribution >= 4 is 29.1 Å². The predicted molar refractivity (Wildman–Crippen MR) is 108 cm³/mol. The molecule has 0 bridgehead atoms. The Hall–Kier alpha value is -1.99. The Bertz CT molecular complexity index is 945. The zero-order valence-corrected chi connectivity index (χ0v) is 17.8. The second-order valence-electron chi connectivity index (χ2n) is 5.99. The van der Waals surface area contributed by atoms with Crippen LogP contribution in [0.25, 0.3) is 0 Å². The van der Waals surface area contributed by atoms with Gasteiger partial charge in [0, 0.05) is 11.3 Å². The number of rotatable bonds is 10. The molecule has 0 atom stereocenters. The Morgan fingerprint density at radius 3 is 1.96 bits per heavy atom. The van der Waals surface area contributed by atoms with Gasteiger partial charge in [-0.2, -0.15) is 0 Å². The summed E-state index contributed by atoms with van der Waals surface area (Å²) in [5, 5.41) is 0. The predicted octanol–water partition coefficient (Wildman–Crippen LogP) is 4.46. The highest BCUT2D eigenvalue weighted by Gasteiger charge is 2.24. The lowest BCUT2D eigenvalue weighted by Gasteiger charge is -2.17. The number of nitrogens with one attached hydrogen (secondary N) is 1. The van der Waals surface area contributed by atoms with Crippen molar-refractivity contribution < 1.29 is 26.8 Å². The molecule has 0 aliphatic heterocycles. The van der Waals surface area contributed by atoms with Crippen molar-refractivity contribution in [2.45, 2.75) is 31.8 Å². The fourth-order valence-electron chi connectivity index (χ4n) is 2.51. The fourth-order valence-corrected chi connectivity index (χ4v) is 5.27. The van der Waals surface area contributed by atoms with Crippen molar-refractivity contribution in [1.82, 2.24) is 0 Å². The van der Waals surface area contributed by atoms with E-state index < -0.39 is 17.6 Å². The first-order valence-electron chi connectivity index (χ1n) is 8.80. The summed E-state index contributed by atoms with van der Waals surface area (Å²) in [5.74, 6) is -0.135. The van der Waals surface area contributed by atoms with E-state index in [0.717, 1.165) is 0 Å². The fraction of sp³-hybridized carbons (Fsp3) is 0.316. The summed E-state index contributed by atoms with van der Waals surface area (Å²) < 4.78 is 50.6. The quantitative estimate of drug-likeness (QED) is 0.446. The molecule has 0 saturated carbocycles. The SMILES string of the molecule is CCOP(=O)(Cc1ccc(NS(=O)(=O)c2ccc(C(C)=O)cc2)cc1)OCC. The molecule has 0 spiro atoms. The zero-order valence-electron chi connectivity index (χ0n) is 16.0. The van der Waals surface area contributed by atoms with Gasteiger partial charge in [-0.15, -0.1) is 0 Å². The summed E-state index contributed by atoms with van der Waals surface area (Å²) in [6.45, 7) is 5.45. The molecule has 2 aromatic rings. The Morgan fingerprint density at radius 1 is 0.964 bits per heavy atom. The summed E-state index contributed by atoms with van der Waals surface area (Å²) in [5.41, 5.74) is 1.51. The molecule has 0 saturated heterocycles. The molecule has 0 aliphatic carbocycles. The van der Waals surface area contributed by atoms with Gasteiger partial charge in [-0.3, -0.25) is 14.1 Å². The van der Waals surface area contributed by atoms with Gasteiger partial charge >= 0.3 is 7.60 Å². The van der Waals surface area contributed by atoms with Crippen LogP contribution in [-0.2, 0) is 29.8 Å². The minimum atomic E-state index is -3.79.